The Morgan fingerprint density at radius 3 is 2.58 bits per heavy atom. The van der Waals surface area contributed by atoms with Gasteiger partial charge in [-0.15, -0.1) is 0 Å². The van der Waals surface area contributed by atoms with Crippen LogP contribution < -0.4 is 9.80 Å². The van der Waals surface area contributed by atoms with Crippen LogP contribution in [0.1, 0.15) is 24.1 Å². The van der Waals surface area contributed by atoms with Crippen molar-refractivity contribution in [1.82, 2.24) is 9.97 Å². The molecular formula is C21H26N4O+2. The van der Waals surface area contributed by atoms with E-state index < -0.39 is 0 Å². The molecule has 3 heterocycles. The second-order valence-electron chi connectivity index (χ2n) is 7.06. The van der Waals surface area contributed by atoms with Gasteiger partial charge >= 0.3 is 0 Å². The van der Waals surface area contributed by atoms with Crippen molar-refractivity contribution in [3.8, 4) is 5.75 Å². The Balaban J connectivity index is 1.78. The Hall–Kier alpha value is -2.50. The minimum absolute atomic E-state index is 0.0773. The van der Waals surface area contributed by atoms with E-state index >= 15 is 0 Å². The zero-order valence-corrected chi connectivity index (χ0v) is 15.2. The van der Waals surface area contributed by atoms with Crippen LogP contribution in [0.15, 0.2) is 55.0 Å². The molecule has 5 heteroatoms. The third-order valence-corrected chi connectivity index (χ3v) is 5.62. The fourth-order valence-corrected chi connectivity index (χ4v) is 4.13. The van der Waals surface area contributed by atoms with Gasteiger partial charge in [0.1, 0.15) is 37.7 Å². The van der Waals surface area contributed by atoms with Crippen LogP contribution in [-0.4, -0.2) is 47.8 Å². The average molecular weight is 350 g/mol. The lowest BCUT2D eigenvalue weighted by atomic mass is 9.95. The van der Waals surface area contributed by atoms with Crippen LogP contribution >= 0.6 is 0 Å². The molecule has 0 radical (unpaired) electrons. The highest BCUT2D eigenvalue weighted by Gasteiger charge is 2.33. The summed E-state index contributed by atoms with van der Waals surface area (Å²) in [5, 5.41) is 12.0. The van der Waals surface area contributed by atoms with E-state index in [1.807, 2.05) is 24.4 Å². The maximum Gasteiger partial charge on any atom is 0.151 e. The summed E-state index contributed by atoms with van der Waals surface area (Å²) >= 11 is 0. The van der Waals surface area contributed by atoms with Crippen LogP contribution in [0.2, 0.25) is 0 Å². The third kappa shape index (κ3) is 3.16. The number of piperazine rings is 1. The summed E-state index contributed by atoms with van der Waals surface area (Å²) in [6.45, 7) is 7.92. The number of fused-ring (bicyclic) bond motifs is 1. The highest BCUT2D eigenvalue weighted by Crippen LogP contribution is 2.32. The standard InChI is InChI=1S/C21H24N4O/c1-2-24-11-13-25(14-12-24)20(17-6-3-9-22-15-17)18-8-7-16-5-4-10-23-19(16)21(18)26/h3-10,15,20,26H,2,11-14H2,1H3/p+2/t20-/m0/s1. The van der Waals surface area contributed by atoms with Gasteiger partial charge in [0.2, 0.25) is 0 Å². The molecule has 1 aliphatic heterocycles. The van der Waals surface area contributed by atoms with Crippen molar-refractivity contribution in [2.24, 2.45) is 0 Å². The number of pyridine rings is 2. The summed E-state index contributed by atoms with van der Waals surface area (Å²) in [4.78, 5) is 11.9. The van der Waals surface area contributed by atoms with Gasteiger partial charge in [0.15, 0.2) is 5.75 Å². The van der Waals surface area contributed by atoms with Gasteiger partial charge in [-0.2, -0.15) is 0 Å². The van der Waals surface area contributed by atoms with Crippen LogP contribution in [0.5, 0.6) is 5.75 Å². The van der Waals surface area contributed by atoms with Crippen molar-refractivity contribution < 1.29 is 14.9 Å². The van der Waals surface area contributed by atoms with Crippen LogP contribution in [0.4, 0.5) is 0 Å². The lowest BCUT2D eigenvalue weighted by molar-refractivity contribution is -1.02. The number of phenolic OH excluding ortho intramolecular Hbond substituents is 1. The van der Waals surface area contributed by atoms with Crippen LogP contribution in [0.25, 0.3) is 10.9 Å². The summed E-state index contributed by atoms with van der Waals surface area (Å²) in [6, 6.07) is 12.2. The maximum atomic E-state index is 11.0. The number of quaternary nitrogens is 2. The number of nitrogens with one attached hydrogen (secondary N) is 2. The molecule has 1 aromatic carbocycles. The molecule has 5 nitrogen and oxygen atoms in total. The minimum Gasteiger partial charge on any atom is -0.505 e. The predicted octanol–water partition coefficient (Wildman–Crippen LogP) is 0.228. The highest BCUT2D eigenvalue weighted by molar-refractivity contribution is 5.85. The molecule has 0 spiro atoms. The fraction of sp³-hybridized carbons (Fsp3) is 0.333. The van der Waals surface area contributed by atoms with Crippen molar-refractivity contribution in [2.75, 3.05) is 32.7 Å². The summed E-state index contributed by atoms with van der Waals surface area (Å²) in [5.41, 5.74) is 2.77. The molecule has 3 aromatic rings. The Bertz CT molecular complexity index is 876. The van der Waals surface area contributed by atoms with Crippen molar-refractivity contribution >= 4 is 10.9 Å². The quantitative estimate of drug-likeness (QED) is 0.631. The molecule has 1 aliphatic rings. The lowest BCUT2D eigenvalue weighted by Gasteiger charge is -2.34. The maximum absolute atomic E-state index is 11.0. The van der Waals surface area contributed by atoms with E-state index in [2.05, 4.69) is 35.1 Å². The number of rotatable bonds is 4. The molecule has 1 atom stereocenters. The van der Waals surface area contributed by atoms with E-state index in [0.717, 1.165) is 42.7 Å². The summed E-state index contributed by atoms with van der Waals surface area (Å²) in [7, 11) is 0. The SMILES string of the molecule is CC[NH+]1CC[NH+]([C@@H](c2cccnc2)c2ccc3cccnc3c2O)CC1. The second-order valence-corrected chi connectivity index (χ2v) is 7.06. The van der Waals surface area contributed by atoms with Gasteiger partial charge in [-0.25, -0.2) is 0 Å². The fourth-order valence-electron chi connectivity index (χ4n) is 4.13. The number of hydrogen-bond acceptors (Lipinski definition) is 3. The second kappa shape index (κ2) is 7.40. The predicted molar refractivity (Wildman–Crippen MR) is 101 cm³/mol. The molecule has 26 heavy (non-hydrogen) atoms. The molecule has 1 fully saturated rings. The van der Waals surface area contributed by atoms with E-state index in [9.17, 15) is 5.11 Å². The van der Waals surface area contributed by atoms with Gasteiger partial charge in [0, 0.05) is 29.5 Å². The summed E-state index contributed by atoms with van der Waals surface area (Å²) in [5.74, 6) is 0.301. The van der Waals surface area contributed by atoms with Crippen molar-refractivity contribution in [3.05, 3.63) is 66.1 Å². The number of aromatic nitrogens is 2. The molecule has 0 aliphatic carbocycles. The number of hydrogen-bond donors (Lipinski definition) is 3. The topological polar surface area (TPSA) is 54.9 Å². The summed E-state index contributed by atoms with van der Waals surface area (Å²) < 4.78 is 0. The Kier molecular flexibility index (Phi) is 4.82. The highest BCUT2D eigenvalue weighted by atomic mass is 16.3. The first-order chi connectivity index (χ1) is 12.8. The van der Waals surface area contributed by atoms with Crippen molar-refractivity contribution in [1.29, 1.82) is 0 Å². The average Bonchev–Trinajstić information content (AvgIpc) is 2.71. The molecule has 2 aromatic heterocycles. The number of benzene rings is 1. The van der Waals surface area contributed by atoms with E-state index in [0.29, 0.717) is 11.3 Å². The van der Waals surface area contributed by atoms with E-state index in [1.165, 1.54) is 11.4 Å². The molecule has 0 amide bonds. The Morgan fingerprint density at radius 1 is 1.04 bits per heavy atom. The zero-order valence-electron chi connectivity index (χ0n) is 15.2. The minimum atomic E-state index is 0.0773. The van der Waals surface area contributed by atoms with E-state index in [4.69, 9.17) is 0 Å². The normalized spacial score (nSPS) is 21.6. The first-order valence-electron chi connectivity index (χ1n) is 9.42. The van der Waals surface area contributed by atoms with Crippen molar-refractivity contribution in [2.45, 2.75) is 13.0 Å². The van der Waals surface area contributed by atoms with Crippen LogP contribution in [0.3, 0.4) is 0 Å². The van der Waals surface area contributed by atoms with Gasteiger partial charge in [-0.1, -0.05) is 12.1 Å². The molecular weight excluding hydrogens is 324 g/mol. The van der Waals surface area contributed by atoms with E-state index in [1.54, 1.807) is 17.3 Å². The number of likely N-dealkylation sites (N-methyl/N-ethyl adjacent to an activating group) is 1. The molecule has 3 N–H and O–H groups in total. The molecule has 4 rings (SSSR count). The number of aromatic hydroxyl groups is 1. The molecule has 0 unspecified atom stereocenters. The number of nitrogens with zero attached hydrogens (tertiary/aromatic N) is 2. The van der Waals surface area contributed by atoms with Crippen LogP contribution in [-0.2, 0) is 0 Å². The largest absolute Gasteiger partial charge is 0.505 e. The Morgan fingerprint density at radius 2 is 1.85 bits per heavy atom. The van der Waals surface area contributed by atoms with Gasteiger partial charge in [-0.3, -0.25) is 9.97 Å². The first kappa shape index (κ1) is 16.9. The molecule has 134 valence electrons. The molecule has 0 bridgehead atoms. The summed E-state index contributed by atoms with van der Waals surface area (Å²) in [6.07, 6.45) is 5.47. The molecule has 1 saturated heterocycles. The van der Waals surface area contributed by atoms with Gasteiger partial charge in [0.25, 0.3) is 0 Å². The van der Waals surface area contributed by atoms with Gasteiger partial charge < -0.3 is 14.9 Å². The molecule has 0 saturated carbocycles. The lowest BCUT2D eigenvalue weighted by Crippen LogP contribution is -3.28. The van der Waals surface area contributed by atoms with Crippen molar-refractivity contribution in [3.63, 3.8) is 0 Å². The first-order valence-corrected chi connectivity index (χ1v) is 9.42. The zero-order chi connectivity index (χ0) is 17.9. The van der Waals surface area contributed by atoms with Gasteiger partial charge in [0.05, 0.1) is 12.1 Å². The Labute approximate surface area is 153 Å². The van der Waals surface area contributed by atoms with Gasteiger partial charge in [-0.05, 0) is 31.2 Å². The number of phenols is 1. The smallest absolute Gasteiger partial charge is 0.151 e. The third-order valence-electron chi connectivity index (χ3n) is 5.62. The van der Waals surface area contributed by atoms with Crippen LogP contribution in [0, 0.1) is 0 Å². The van der Waals surface area contributed by atoms with E-state index in [-0.39, 0.29) is 6.04 Å². The monoisotopic (exact) mass is 350 g/mol.